The molecule has 2 aromatic rings. The first kappa shape index (κ1) is 29.8. The van der Waals surface area contributed by atoms with E-state index in [0.29, 0.717) is 10.2 Å². The van der Waals surface area contributed by atoms with Crippen molar-refractivity contribution in [1.82, 2.24) is 14.4 Å². The number of carbonyl (C=O) groups is 5. The van der Waals surface area contributed by atoms with E-state index in [2.05, 4.69) is 4.99 Å². The number of amides is 3. The molecule has 0 bridgehead atoms. The predicted molar refractivity (Wildman–Crippen MR) is 138 cm³/mol. The van der Waals surface area contributed by atoms with Crippen molar-refractivity contribution in [1.29, 1.82) is 0 Å². The van der Waals surface area contributed by atoms with E-state index in [-0.39, 0.29) is 49.7 Å². The van der Waals surface area contributed by atoms with Crippen LogP contribution in [0.25, 0.3) is 10.2 Å². The van der Waals surface area contributed by atoms with Gasteiger partial charge >= 0.3 is 18.0 Å². The fraction of sp³-hybridized carbons (Fsp3) is 0.478. The summed E-state index contributed by atoms with van der Waals surface area (Å²) in [5.74, 6) is -4.87. The molecule has 3 amide bonds. The molecule has 0 spiro atoms. The van der Waals surface area contributed by atoms with Crippen LogP contribution < -0.4 is 4.80 Å². The Labute approximate surface area is 227 Å². The minimum absolute atomic E-state index is 0.0130. The van der Waals surface area contributed by atoms with Crippen molar-refractivity contribution in [2.45, 2.75) is 13.5 Å². The lowest BCUT2D eigenvalue weighted by Gasteiger charge is -2.34. The molecule has 1 fully saturated rings. The lowest BCUT2D eigenvalue weighted by atomic mass is 10.2. The smallest absolute Gasteiger partial charge is 0.409 e. The van der Waals surface area contributed by atoms with Gasteiger partial charge in [-0.3, -0.25) is 14.4 Å². The minimum Gasteiger partial charge on any atom is -0.468 e. The van der Waals surface area contributed by atoms with Crippen LogP contribution in [-0.2, 0) is 45.0 Å². The highest BCUT2D eigenvalue weighted by molar-refractivity contribution is 7.92. The highest BCUT2D eigenvalue weighted by Crippen LogP contribution is 2.20. The molecule has 39 heavy (non-hydrogen) atoms. The van der Waals surface area contributed by atoms with Crippen molar-refractivity contribution < 1.29 is 46.6 Å². The third-order valence-electron chi connectivity index (χ3n) is 5.68. The number of thiazole rings is 1. The second-order valence-corrected chi connectivity index (χ2v) is 11.4. The quantitative estimate of drug-likeness (QED) is 0.299. The summed E-state index contributed by atoms with van der Waals surface area (Å²) < 4.78 is 41.5. The molecule has 0 radical (unpaired) electrons. The molecule has 0 aliphatic carbocycles. The summed E-state index contributed by atoms with van der Waals surface area (Å²) in [5.41, 5.74) is 0.697. The second-order valence-electron chi connectivity index (χ2n) is 8.33. The largest absolute Gasteiger partial charge is 0.468 e. The first-order valence-corrected chi connectivity index (χ1v) is 14.4. The third-order valence-corrected chi connectivity index (χ3v) is 8.10. The van der Waals surface area contributed by atoms with E-state index in [9.17, 15) is 32.4 Å². The number of hydrogen-bond acceptors (Lipinski definition) is 11. The molecular formula is C23H28N4O10S2. The molecule has 14 nitrogen and oxygen atoms in total. The maximum Gasteiger partial charge on any atom is 0.409 e. The van der Waals surface area contributed by atoms with Crippen LogP contribution in [0.5, 0.6) is 0 Å². The lowest BCUT2D eigenvalue weighted by Crippen LogP contribution is -2.52. The Morgan fingerprint density at radius 2 is 1.64 bits per heavy atom. The molecule has 1 aliphatic rings. The first-order valence-electron chi connectivity index (χ1n) is 11.7. The highest BCUT2D eigenvalue weighted by Gasteiger charge is 2.29. The van der Waals surface area contributed by atoms with Gasteiger partial charge in [-0.15, -0.1) is 0 Å². The number of hydrogen-bond donors (Lipinski definition) is 0. The number of esters is 2. The van der Waals surface area contributed by atoms with Crippen molar-refractivity contribution in [2.24, 2.45) is 4.99 Å². The molecule has 1 aliphatic heterocycles. The van der Waals surface area contributed by atoms with Crippen molar-refractivity contribution in [3.05, 3.63) is 28.6 Å². The molecule has 1 aromatic carbocycles. The Bertz CT molecular complexity index is 1450. The Hall–Kier alpha value is -3.79. The Morgan fingerprint density at radius 1 is 0.974 bits per heavy atom. The van der Waals surface area contributed by atoms with Crippen LogP contribution in [0.15, 0.2) is 23.2 Å². The second kappa shape index (κ2) is 12.8. The van der Waals surface area contributed by atoms with E-state index < -0.39 is 51.2 Å². The number of ether oxygens (including phenoxy) is 3. The number of aromatic nitrogens is 1. The highest BCUT2D eigenvalue weighted by atomic mass is 32.2. The summed E-state index contributed by atoms with van der Waals surface area (Å²) in [6.07, 6.45) is -0.503. The van der Waals surface area contributed by atoms with Crippen LogP contribution in [-0.4, -0.2) is 111 Å². The monoisotopic (exact) mass is 584 g/mol. The van der Waals surface area contributed by atoms with E-state index >= 15 is 0 Å². The van der Waals surface area contributed by atoms with Crippen molar-refractivity contribution in [3.8, 4) is 0 Å². The number of piperazine rings is 1. The van der Waals surface area contributed by atoms with Gasteiger partial charge < -0.3 is 28.6 Å². The molecule has 0 unspecified atom stereocenters. The van der Waals surface area contributed by atoms with E-state index in [0.717, 1.165) is 11.3 Å². The van der Waals surface area contributed by atoms with Gasteiger partial charge in [-0.05, 0) is 25.1 Å². The van der Waals surface area contributed by atoms with Crippen molar-refractivity contribution in [3.63, 3.8) is 0 Å². The van der Waals surface area contributed by atoms with Crippen LogP contribution in [0.2, 0.25) is 0 Å². The average Bonchev–Trinajstić information content (AvgIpc) is 3.22. The first-order chi connectivity index (χ1) is 18.5. The Morgan fingerprint density at radius 3 is 2.26 bits per heavy atom. The van der Waals surface area contributed by atoms with Gasteiger partial charge in [0.05, 0.1) is 36.6 Å². The molecule has 0 saturated carbocycles. The topological polar surface area (TPSA) is 171 Å². The maximum absolute atomic E-state index is 12.6. The summed E-state index contributed by atoms with van der Waals surface area (Å²) in [4.78, 5) is 67.5. The number of rotatable bonds is 8. The van der Waals surface area contributed by atoms with Crippen LogP contribution >= 0.6 is 11.3 Å². The molecule has 0 N–H and O–H groups in total. The molecule has 212 valence electrons. The van der Waals surface area contributed by atoms with Crippen LogP contribution in [0.3, 0.4) is 0 Å². The zero-order valence-corrected chi connectivity index (χ0v) is 23.2. The average molecular weight is 585 g/mol. The molecule has 2 heterocycles. The predicted octanol–water partition coefficient (Wildman–Crippen LogP) is -0.195. The van der Waals surface area contributed by atoms with Gasteiger partial charge in [0.25, 0.3) is 5.91 Å². The van der Waals surface area contributed by atoms with E-state index in [1.165, 1.54) is 40.7 Å². The van der Waals surface area contributed by atoms with Gasteiger partial charge in [-0.1, -0.05) is 11.3 Å². The molecule has 1 aromatic heterocycles. The van der Waals surface area contributed by atoms with Crippen LogP contribution in [0.1, 0.15) is 17.3 Å². The normalized spacial score (nSPS) is 14.3. The van der Waals surface area contributed by atoms with Gasteiger partial charge in [0.1, 0.15) is 18.1 Å². The van der Waals surface area contributed by atoms with Crippen LogP contribution in [0, 0.1) is 0 Å². The fourth-order valence-corrected chi connectivity index (χ4v) is 5.95. The molecule has 0 atom stereocenters. The fourth-order valence-electron chi connectivity index (χ4n) is 3.76. The van der Waals surface area contributed by atoms with Crippen molar-refractivity contribution in [2.75, 3.05) is 58.5 Å². The van der Waals surface area contributed by atoms with E-state index in [1.54, 1.807) is 13.0 Å². The van der Waals surface area contributed by atoms with Gasteiger partial charge in [0.15, 0.2) is 14.6 Å². The third kappa shape index (κ3) is 7.63. The molecular weight excluding hydrogens is 556 g/mol. The number of benzene rings is 1. The number of nitrogens with zero attached hydrogens (tertiary/aromatic N) is 4. The Balaban J connectivity index is 1.75. The van der Waals surface area contributed by atoms with Gasteiger partial charge in [-0.25, -0.2) is 18.0 Å². The van der Waals surface area contributed by atoms with Gasteiger partial charge in [0.2, 0.25) is 5.91 Å². The summed E-state index contributed by atoms with van der Waals surface area (Å²) in [6, 6.07) is 4.52. The van der Waals surface area contributed by atoms with Gasteiger partial charge in [-0.2, -0.15) is 4.99 Å². The number of sulfone groups is 1. The van der Waals surface area contributed by atoms with Crippen molar-refractivity contribution >= 4 is 61.2 Å². The standard InChI is InChI=1S/C23H28N4O10S2/c1-4-37-23(32)26-9-7-25(8-10-26)19(29)14-39(33,34)13-18(28)24-22-27(12-20(30)35-2)16-6-5-15(21(31)36-3)11-17(16)38-22/h5-6,11H,4,7-10,12-14H2,1-3H3. The van der Waals surface area contributed by atoms with Crippen LogP contribution in [0.4, 0.5) is 4.79 Å². The summed E-state index contributed by atoms with van der Waals surface area (Å²) in [7, 11) is -1.76. The van der Waals surface area contributed by atoms with E-state index in [1.807, 2.05) is 0 Å². The summed E-state index contributed by atoms with van der Waals surface area (Å²) in [5, 5.41) is 0. The minimum atomic E-state index is -4.18. The lowest BCUT2D eigenvalue weighted by molar-refractivity contribution is -0.141. The zero-order valence-electron chi connectivity index (χ0n) is 21.6. The molecule has 1 saturated heterocycles. The SMILES string of the molecule is CCOC(=O)N1CCN(C(=O)CS(=O)(=O)CC(=O)N=c2sc3cc(C(=O)OC)ccc3n2CC(=O)OC)CC1. The maximum atomic E-state index is 12.6. The number of methoxy groups -OCH3 is 2. The number of fused-ring (bicyclic) bond motifs is 1. The zero-order chi connectivity index (χ0) is 28.7. The van der Waals surface area contributed by atoms with E-state index in [4.69, 9.17) is 14.2 Å². The molecule has 3 rings (SSSR count). The Kier molecular flexibility index (Phi) is 9.80. The summed E-state index contributed by atoms with van der Waals surface area (Å²) in [6.45, 7) is 2.24. The summed E-state index contributed by atoms with van der Waals surface area (Å²) >= 11 is 0.963. The molecule has 16 heteroatoms. The van der Waals surface area contributed by atoms with Gasteiger partial charge in [0, 0.05) is 26.2 Å². The number of carbonyl (C=O) groups excluding carboxylic acids is 5.